The molecule has 2 rings (SSSR count). The van der Waals surface area contributed by atoms with Crippen molar-refractivity contribution >= 4 is 17.2 Å². The molecule has 5 heteroatoms. The van der Waals surface area contributed by atoms with Crippen LogP contribution in [0.1, 0.15) is 62.8 Å². The number of ether oxygens (including phenoxy) is 1. The van der Waals surface area contributed by atoms with Crippen LogP contribution in [0.5, 0.6) is 5.88 Å². The van der Waals surface area contributed by atoms with Crippen LogP contribution in [-0.2, 0) is 12.8 Å². The first-order valence-electron chi connectivity index (χ1n) is 7.98. The number of thiocarbonyl (C=S) groups is 1. The predicted molar refractivity (Wildman–Crippen MR) is 88.7 cm³/mol. The second-order valence-corrected chi connectivity index (χ2v) is 6.13. The van der Waals surface area contributed by atoms with Gasteiger partial charge in [0, 0.05) is 0 Å². The molecule has 0 unspecified atom stereocenters. The zero-order chi connectivity index (χ0) is 15.2. The quantitative estimate of drug-likeness (QED) is 0.818. The lowest BCUT2D eigenvalue weighted by atomic mass is 9.90. The molecule has 0 amide bonds. The fraction of sp³-hybridized carbons (Fsp3) is 0.688. The minimum absolute atomic E-state index is 0.357. The number of aromatic nitrogens is 2. The number of hydrogen-bond donors (Lipinski definition) is 1. The first-order chi connectivity index (χ1) is 10.2. The van der Waals surface area contributed by atoms with Crippen molar-refractivity contribution < 1.29 is 4.74 Å². The van der Waals surface area contributed by atoms with Gasteiger partial charge in [0.1, 0.15) is 4.99 Å². The largest absolute Gasteiger partial charge is 0.476 e. The molecule has 1 fully saturated rings. The van der Waals surface area contributed by atoms with Gasteiger partial charge in [-0.15, -0.1) is 5.10 Å². The summed E-state index contributed by atoms with van der Waals surface area (Å²) < 4.78 is 5.94. The molecule has 0 atom stereocenters. The molecule has 1 heterocycles. The van der Waals surface area contributed by atoms with Gasteiger partial charge in [-0.3, -0.25) is 0 Å². The Hall–Kier alpha value is -1.23. The van der Waals surface area contributed by atoms with Crippen LogP contribution in [0.3, 0.4) is 0 Å². The van der Waals surface area contributed by atoms with Crippen molar-refractivity contribution in [2.45, 2.75) is 58.8 Å². The second kappa shape index (κ2) is 7.69. The van der Waals surface area contributed by atoms with Crippen LogP contribution in [0.4, 0.5) is 0 Å². The number of nitrogens with two attached hydrogens (primary N) is 1. The Labute approximate surface area is 132 Å². The molecular formula is C16H25N3OS. The van der Waals surface area contributed by atoms with Crippen LogP contribution in [0.2, 0.25) is 0 Å². The van der Waals surface area contributed by atoms with Gasteiger partial charge in [-0.05, 0) is 37.2 Å². The summed E-state index contributed by atoms with van der Waals surface area (Å²) in [4.78, 5) is 0.357. The standard InChI is InChI=1S/C16H25N3OS/c1-3-12-13(4-2)18-19-16(14(12)15(17)21)20-10-11-8-6-5-7-9-11/h11H,3-10H2,1-2H3,(H2,17,21). The van der Waals surface area contributed by atoms with Crippen molar-refractivity contribution in [1.82, 2.24) is 10.2 Å². The SMILES string of the molecule is CCc1nnc(OCC2CCCCC2)c(C(N)=S)c1CC. The Morgan fingerprint density at radius 1 is 1.19 bits per heavy atom. The molecule has 0 aromatic carbocycles. The minimum atomic E-state index is 0.357. The maximum absolute atomic E-state index is 5.94. The number of aryl methyl sites for hydroxylation is 1. The van der Waals surface area contributed by atoms with Gasteiger partial charge in [0.15, 0.2) is 0 Å². The highest BCUT2D eigenvalue weighted by atomic mass is 32.1. The van der Waals surface area contributed by atoms with Crippen molar-refractivity contribution in [3.63, 3.8) is 0 Å². The summed E-state index contributed by atoms with van der Waals surface area (Å²) in [6.45, 7) is 4.84. The maximum atomic E-state index is 5.94. The van der Waals surface area contributed by atoms with Gasteiger partial charge in [0.05, 0.1) is 17.9 Å². The van der Waals surface area contributed by atoms with Crippen LogP contribution < -0.4 is 10.5 Å². The van der Waals surface area contributed by atoms with E-state index >= 15 is 0 Å². The van der Waals surface area contributed by atoms with Crippen LogP contribution in [0, 0.1) is 5.92 Å². The molecule has 1 aliphatic rings. The van der Waals surface area contributed by atoms with Gasteiger partial charge in [-0.1, -0.05) is 45.3 Å². The van der Waals surface area contributed by atoms with Crippen LogP contribution >= 0.6 is 12.2 Å². The minimum Gasteiger partial charge on any atom is -0.476 e. The Morgan fingerprint density at radius 3 is 2.48 bits per heavy atom. The molecule has 2 N–H and O–H groups in total. The Morgan fingerprint density at radius 2 is 1.90 bits per heavy atom. The first-order valence-corrected chi connectivity index (χ1v) is 8.39. The van der Waals surface area contributed by atoms with E-state index in [4.69, 9.17) is 22.7 Å². The summed E-state index contributed by atoms with van der Waals surface area (Å²) in [5.41, 5.74) is 8.74. The lowest BCUT2D eigenvalue weighted by Crippen LogP contribution is -2.21. The Kier molecular flexibility index (Phi) is 5.91. The molecule has 4 nitrogen and oxygen atoms in total. The van der Waals surface area contributed by atoms with Gasteiger partial charge >= 0.3 is 0 Å². The molecule has 116 valence electrons. The fourth-order valence-corrected chi connectivity index (χ4v) is 3.27. The maximum Gasteiger partial charge on any atom is 0.244 e. The smallest absolute Gasteiger partial charge is 0.244 e. The predicted octanol–water partition coefficient (Wildman–Crippen LogP) is 3.19. The van der Waals surface area contributed by atoms with Crippen molar-refractivity contribution in [2.75, 3.05) is 6.61 Å². The van der Waals surface area contributed by atoms with Gasteiger partial charge in [-0.2, -0.15) is 5.10 Å². The van der Waals surface area contributed by atoms with E-state index in [2.05, 4.69) is 24.0 Å². The van der Waals surface area contributed by atoms with Gasteiger partial charge in [-0.25, -0.2) is 0 Å². The molecular weight excluding hydrogens is 282 g/mol. The zero-order valence-electron chi connectivity index (χ0n) is 13.0. The lowest BCUT2D eigenvalue weighted by molar-refractivity contribution is 0.200. The van der Waals surface area contributed by atoms with Crippen LogP contribution in [0.15, 0.2) is 0 Å². The Bertz CT molecular complexity index is 499. The van der Waals surface area contributed by atoms with E-state index in [-0.39, 0.29) is 0 Å². The van der Waals surface area contributed by atoms with Crippen molar-refractivity contribution in [3.8, 4) is 5.88 Å². The molecule has 1 aromatic rings. The van der Waals surface area contributed by atoms with Crippen molar-refractivity contribution in [1.29, 1.82) is 0 Å². The molecule has 0 saturated heterocycles. The summed E-state index contributed by atoms with van der Waals surface area (Å²) in [6, 6.07) is 0. The topological polar surface area (TPSA) is 61.0 Å². The normalized spacial score (nSPS) is 15.9. The van der Waals surface area contributed by atoms with Crippen molar-refractivity contribution in [2.24, 2.45) is 11.7 Å². The highest BCUT2D eigenvalue weighted by molar-refractivity contribution is 7.80. The molecule has 0 radical (unpaired) electrons. The molecule has 0 aliphatic heterocycles. The highest BCUT2D eigenvalue weighted by Gasteiger charge is 2.20. The second-order valence-electron chi connectivity index (χ2n) is 5.69. The summed E-state index contributed by atoms with van der Waals surface area (Å²) in [5, 5.41) is 8.51. The molecule has 1 aromatic heterocycles. The first kappa shape index (κ1) is 16.1. The lowest BCUT2D eigenvalue weighted by Gasteiger charge is -2.22. The van der Waals surface area contributed by atoms with E-state index < -0.39 is 0 Å². The molecule has 1 saturated carbocycles. The van der Waals surface area contributed by atoms with Crippen LogP contribution in [-0.4, -0.2) is 21.8 Å². The van der Waals surface area contributed by atoms with E-state index in [9.17, 15) is 0 Å². The van der Waals surface area contributed by atoms with Crippen molar-refractivity contribution in [3.05, 3.63) is 16.8 Å². The molecule has 21 heavy (non-hydrogen) atoms. The highest BCUT2D eigenvalue weighted by Crippen LogP contribution is 2.27. The molecule has 0 bridgehead atoms. The average molecular weight is 307 g/mol. The average Bonchev–Trinajstić information content (AvgIpc) is 2.52. The van der Waals surface area contributed by atoms with Crippen LogP contribution in [0.25, 0.3) is 0 Å². The van der Waals surface area contributed by atoms with E-state index in [0.29, 0.717) is 23.4 Å². The Balaban J connectivity index is 2.19. The third kappa shape index (κ3) is 3.90. The zero-order valence-corrected chi connectivity index (χ0v) is 13.8. The molecule has 0 spiro atoms. The monoisotopic (exact) mass is 307 g/mol. The summed E-state index contributed by atoms with van der Waals surface area (Å²) in [6.07, 6.45) is 8.10. The van der Waals surface area contributed by atoms with Gasteiger partial charge in [0.25, 0.3) is 0 Å². The van der Waals surface area contributed by atoms with E-state index in [1.165, 1.54) is 32.1 Å². The third-order valence-corrected chi connectivity index (χ3v) is 4.44. The number of rotatable bonds is 6. The number of hydrogen-bond acceptors (Lipinski definition) is 4. The van der Waals surface area contributed by atoms with E-state index in [0.717, 1.165) is 29.7 Å². The summed E-state index contributed by atoms with van der Waals surface area (Å²) in [5.74, 6) is 1.14. The van der Waals surface area contributed by atoms with Gasteiger partial charge in [0.2, 0.25) is 5.88 Å². The van der Waals surface area contributed by atoms with E-state index in [1.54, 1.807) is 0 Å². The third-order valence-electron chi connectivity index (χ3n) is 4.24. The summed E-state index contributed by atoms with van der Waals surface area (Å²) in [7, 11) is 0. The molecule has 1 aliphatic carbocycles. The fourth-order valence-electron chi connectivity index (χ4n) is 3.06. The number of nitrogens with zero attached hydrogens (tertiary/aromatic N) is 2. The van der Waals surface area contributed by atoms with Gasteiger partial charge < -0.3 is 10.5 Å². The summed E-state index contributed by atoms with van der Waals surface area (Å²) >= 11 is 5.21. The van der Waals surface area contributed by atoms with E-state index in [1.807, 2.05) is 0 Å².